The number of hydrogen-bond donors (Lipinski definition) is 4. The molecule has 105 heavy (non-hydrogen) atoms. The van der Waals surface area contributed by atoms with E-state index in [9.17, 15) is 9.59 Å². The van der Waals surface area contributed by atoms with Gasteiger partial charge in [-0.2, -0.15) is 0 Å². The fraction of sp³-hybridized carbons (Fsp3) is 0.263. The Morgan fingerprint density at radius 3 is 1.40 bits per heavy atom. The molecular weight excluding hydrogens is 1290 g/mol. The number of ether oxygens (including phenoxy) is 2. The summed E-state index contributed by atoms with van der Waals surface area (Å²) in [5, 5.41) is 7.98. The van der Waals surface area contributed by atoms with Crippen molar-refractivity contribution in [1.29, 1.82) is 0 Å². The Bertz CT molecular complexity index is 5290. The summed E-state index contributed by atoms with van der Waals surface area (Å²) >= 11 is 0. The summed E-state index contributed by atoms with van der Waals surface area (Å²) in [5.74, 6) is 0.938. The molecule has 2 aliphatic heterocycles. The van der Waals surface area contributed by atoms with Crippen LogP contribution in [0.25, 0.3) is 83.5 Å². The largest absolute Gasteiger partial charge is 0.496 e. The van der Waals surface area contributed by atoms with Crippen LogP contribution >= 0.6 is 0 Å². The highest BCUT2D eigenvalue weighted by atomic mass is 16.5. The van der Waals surface area contributed by atoms with Crippen LogP contribution in [0.5, 0.6) is 11.5 Å². The van der Waals surface area contributed by atoms with E-state index in [2.05, 4.69) is 246 Å². The molecule has 10 nitrogen and oxygen atoms in total. The molecule has 10 heteroatoms. The fourth-order valence-electron chi connectivity index (χ4n) is 15.1. The second-order valence-electron chi connectivity index (χ2n) is 28.6. The molecule has 0 atom stereocenters. The number of carbonyl (C=O) groups is 2. The number of methoxy groups -OCH3 is 2. The number of benzene rings is 5. The quantitative estimate of drug-likeness (QED) is 0.0500. The number of aryl methyl sites for hydroxylation is 4. The summed E-state index contributed by atoms with van der Waals surface area (Å²) in [6.07, 6.45) is 36.7. The number of aromatic amines is 2. The smallest absolute Gasteiger partial charge is 0.255 e. The lowest BCUT2D eigenvalue weighted by Crippen LogP contribution is -2.19. The molecule has 5 heterocycles. The molecular formula is C95H102N6O4. The molecule has 8 aromatic rings. The van der Waals surface area contributed by atoms with Crippen molar-refractivity contribution in [3.63, 3.8) is 0 Å². The van der Waals surface area contributed by atoms with Crippen molar-refractivity contribution in [3.05, 3.63) is 289 Å². The van der Waals surface area contributed by atoms with Crippen LogP contribution in [-0.2, 0) is 12.8 Å². The maximum Gasteiger partial charge on any atom is 0.255 e. The molecule has 5 aromatic carbocycles. The van der Waals surface area contributed by atoms with Gasteiger partial charge in [0.15, 0.2) is 0 Å². The zero-order valence-electron chi connectivity index (χ0n) is 64.5. The number of amides is 2. The highest BCUT2D eigenvalue weighted by Gasteiger charge is 2.28. The van der Waals surface area contributed by atoms with Gasteiger partial charge in [-0.25, -0.2) is 9.97 Å². The van der Waals surface area contributed by atoms with Gasteiger partial charge in [0.25, 0.3) is 11.8 Å². The number of allylic oxidation sites excluding steroid dienone is 23. The van der Waals surface area contributed by atoms with Gasteiger partial charge in [-0.3, -0.25) is 9.59 Å². The summed E-state index contributed by atoms with van der Waals surface area (Å²) < 4.78 is 11.3. The van der Waals surface area contributed by atoms with Gasteiger partial charge in [0, 0.05) is 55.4 Å². The molecule has 3 aromatic heterocycles. The molecule has 536 valence electrons. The Labute approximate surface area is 622 Å². The van der Waals surface area contributed by atoms with Gasteiger partial charge in [0.05, 0.1) is 48.0 Å². The molecule has 0 unspecified atom stereocenters. The van der Waals surface area contributed by atoms with Gasteiger partial charge in [0.1, 0.15) is 11.5 Å². The second-order valence-corrected chi connectivity index (χ2v) is 28.6. The van der Waals surface area contributed by atoms with Crippen LogP contribution in [0.1, 0.15) is 193 Å². The van der Waals surface area contributed by atoms with E-state index in [0.29, 0.717) is 34.0 Å². The van der Waals surface area contributed by atoms with Crippen LogP contribution in [0, 0.1) is 19.3 Å². The molecule has 3 aliphatic rings. The van der Waals surface area contributed by atoms with E-state index in [0.717, 1.165) is 143 Å². The second kappa shape index (κ2) is 33.1. The monoisotopic (exact) mass is 1390 g/mol. The van der Waals surface area contributed by atoms with Crippen molar-refractivity contribution >= 4 is 84.4 Å². The van der Waals surface area contributed by atoms with Gasteiger partial charge < -0.3 is 30.1 Å². The third kappa shape index (κ3) is 16.6. The summed E-state index contributed by atoms with van der Waals surface area (Å²) in [4.78, 5) is 47.2. The molecule has 0 spiro atoms. The van der Waals surface area contributed by atoms with Gasteiger partial charge >= 0.3 is 0 Å². The number of aromatic nitrogens is 4. The molecule has 0 saturated carbocycles. The number of carbonyl (C=O) groups excluding carboxylic acids is 2. The van der Waals surface area contributed by atoms with Crippen molar-refractivity contribution in [2.24, 2.45) is 5.41 Å². The SMILES string of the molecule is CCC1=C(C)c2nc1cc1[nH]c(c(C)c1CC)c(-c1ccc(NC(=O)c3ccc(/C=C/C(C)=C/C=C/C(C)=C/C=C/C=C(C)/C=C/C=C(C)/C=C/C4=C(C)CCCC4(C)C)cc3)cc1)c1nc(cc3[nH]c(c(C)c3CC)c2-c2ccc(NC(=O)c3ccc4c(OC)ccc(OC)c4c3)cc2)C(CC)=C1C. The highest BCUT2D eigenvalue weighted by Crippen LogP contribution is 2.46. The molecule has 4 N–H and O–H groups in total. The number of anilines is 2. The molecule has 1 aliphatic carbocycles. The van der Waals surface area contributed by atoms with Crippen molar-refractivity contribution in [1.82, 2.24) is 19.9 Å². The van der Waals surface area contributed by atoms with Crippen molar-refractivity contribution in [2.75, 3.05) is 24.9 Å². The van der Waals surface area contributed by atoms with Crippen LogP contribution in [0.15, 0.2) is 228 Å². The summed E-state index contributed by atoms with van der Waals surface area (Å²) in [6.45, 7) is 33.1. The van der Waals surface area contributed by atoms with E-state index < -0.39 is 0 Å². The lowest BCUT2D eigenvalue weighted by atomic mass is 9.72. The molecule has 2 amide bonds. The predicted molar refractivity (Wildman–Crippen MR) is 446 cm³/mol. The Morgan fingerprint density at radius 2 is 0.943 bits per heavy atom. The first-order valence-corrected chi connectivity index (χ1v) is 37.1. The van der Waals surface area contributed by atoms with Crippen molar-refractivity contribution in [3.8, 4) is 33.8 Å². The summed E-state index contributed by atoms with van der Waals surface area (Å²) in [7, 11) is 3.26. The minimum absolute atomic E-state index is 0.188. The summed E-state index contributed by atoms with van der Waals surface area (Å²) in [6, 6.07) is 37.7. The van der Waals surface area contributed by atoms with E-state index in [1.165, 1.54) is 63.8 Å². The first kappa shape index (κ1) is 75.1. The van der Waals surface area contributed by atoms with E-state index in [4.69, 9.17) is 19.4 Å². The Hall–Kier alpha value is -11.1. The standard InChI is InChI=1S/C95H102N6O4/c1-18-74-63(10)89-87(68-41-46-72(47-42-68)96-93(102)70-39-37-67(38-40-70)36-34-60(7)31-24-29-58(5)27-22-23-28-59(6)30-25-32-61(8)35-51-80-62(9)33-26-54-95(80,14)15)90-64(11)75(19-2)82(99-90)57-84-77(21-4)66(13)92(101-84)88(91-65(12)76(20-3)83(100-91)56-81(74)98-89)69-43-48-73(49-44-69)97-94(103)71-45-50-78-79(55-71)86(105-17)53-52-85(78)104-16/h22-25,27-32,34-53,55-57,98,101H,18-21,26,33,54H2,1-17H3,(H,96,102)(H,97,103)/b23-22+,29-24+,30-25+,36-34+,51-35+,58-27+,59-28+,60-31+,61-32+,81-56?,82-57?,83-56?,84-57?,89-87?,90-87?,91-88?,92-88?. The molecule has 0 saturated heterocycles. The maximum absolute atomic E-state index is 14.0. The first-order chi connectivity index (χ1) is 50.6. The van der Waals surface area contributed by atoms with Crippen LogP contribution in [-0.4, -0.2) is 46.0 Å². The van der Waals surface area contributed by atoms with Crippen molar-refractivity contribution < 1.29 is 19.1 Å². The van der Waals surface area contributed by atoms with E-state index in [-0.39, 0.29) is 17.2 Å². The van der Waals surface area contributed by atoms with Crippen LogP contribution in [0.3, 0.4) is 0 Å². The van der Waals surface area contributed by atoms with E-state index in [1.807, 2.05) is 78.9 Å². The third-order valence-corrected chi connectivity index (χ3v) is 21.0. The van der Waals surface area contributed by atoms with E-state index >= 15 is 0 Å². The highest BCUT2D eigenvalue weighted by molar-refractivity contribution is 6.09. The maximum atomic E-state index is 14.0. The Kier molecular flexibility index (Phi) is 23.7. The first-order valence-electron chi connectivity index (χ1n) is 37.1. The number of hydrogen-bond acceptors (Lipinski definition) is 6. The zero-order valence-corrected chi connectivity index (χ0v) is 64.5. The lowest BCUT2D eigenvalue weighted by molar-refractivity contribution is 0.101. The topological polar surface area (TPSA) is 134 Å². The zero-order chi connectivity index (χ0) is 74.8. The molecule has 8 bridgehead atoms. The van der Waals surface area contributed by atoms with Gasteiger partial charge in [-0.15, -0.1) is 0 Å². The number of rotatable bonds is 22. The van der Waals surface area contributed by atoms with Gasteiger partial charge in [-0.05, 0) is 258 Å². The predicted octanol–water partition coefficient (Wildman–Crippen LogP) is 25.3. The average molecular weight is 1390 g/mol. The Balaban J connectivity index is 0.832. The third-order valence-electron chi connectivity index (χ3n) is 21.0. The van der Waals surface area contributed by atoms with Crippen LogP contribution < -0.4 is 20.1 Å². The number of fused-ring (bicyclic) bond motifs is 9. The van der Waals surface area contributed by atoms with E-state index in [1.54, 1.807) is 14.2 Å². The summed E-state index contributed by atoms with van der Waals surface area (Å²) in [5.41, 5.74) is 32.1. The number of H-pyrrole nitrogens is 2. The van der Waals surface area contributed by atoms with Gasteiger partial charge in [0.2, 0.25) is 0 Å². The molecule has 0 radical (unpaired) electrons. The normalized spacial score (nSPS) is 14.8. The molecule has 0 fully saturated rings. The van der Waals surface area contributed by atoms with Crippen LogP contribution in [0.4, 0.5) is 11.4 Å². The Morgan fingerprint density at radius 1 is 0.505 bits per heavy atom. The molecule has 11 rings (SSSR count). The van der Waals surface area contributed by atoms with Crippen LogP contribution in [0.2, 0.25) is 0 Å². The minimum Gasteiger partial charge on any atom is -0.496 e. The lowest BCUT2D eigenvalue weighted by Gasteiger charge is -2.32. The average Bonchev–Trinajstić information content (AvgIpc) is 1.59. The fourth-order valence-corrected chi connectivity index (χ4v) is 15.1. The minimum atomic E-state index is -0.238. The number of nitrogens with zero attached hydrogens (tertiary/aromatic N) is 2. The number of nitrogens with one attached hydrogen (secondary N) is 4. The van der Waals surface area contributed by atoms with Gasteiger partial charge in [-0.1, -0.05) is 191 Å². The van der Waals surface area contributed by atoms with Crippen molar-refractivity contribution in [2.45, 2.75) is 149 Å².